The van der Waals surface area contributed by atoms with Gasteiger partial charge < -0.3 is 19.1 Å². The number of aryl methyl sites for hydroxylation is 1. The second-order valence-electron chi connectivity index (χ2n) is 10.4. The monoisotopic (exact) mass is 459 g/mol. The summed E-state index contributed by atoms with van der Waals surface area (Å²) in [6, 6.07) is 1.87. The van der Waals surface area contributed by atoms with Crippen molar-refractivity contribution in [2.75, 3.05) is 31.7 Å². The molecule has 0 spiro atoms. The number of imidazole rings is 1. The van der Waals surface area contributed by atoms with Crippen LogP contribution in [0.3, 0.4) is 0 Å². The maximum Gasteiger partial charge on any atom is 0.358 e. The minimum atomic E-state index is -0.919. The summed E-state index contributed by atoms with van der Waals surface area (Å²) in [5, 5.41) is 0. The fourth-order valence-electron chi connectivity index (χ4n) is 4.20. The molecule has 2 aromatic rings. The van der Waals surface area contributed by atoms with Crippen molar-refractivity contribution in [1.82, 2.24) is 9.38 Å². The molecular formula is C25H37N3O5. The molecule has 33 heavy (non-hydrogen) atoms. The molecule has 8 nitrogen and oxygen atoms in total. The number of esters is 2. The molecule has 3 heterocycles. The maximum absolute atomic E-state index is 13.0. The first-order valence-electron chi connectivity index (χ1n) is 11.6. The van der Waals surface area contributed by atoms with Crippen LogP contribution in [0.1, 0.15) is 82.1 Å². The summed E-state index contributed by atoms with van der Waals surface area (Å²) in [6.07, 6.45) is 2.78. The van der Waals surface area contributed by atoms with Gasteiger partial charge in [-0.15, -0.1) is 0 Å². The Hall–Kier alpha value is -2.61. The average molecular weight is 460 g/mol. The molecule has 0 N–H and O–H groups in total. The van der Waals surface area contributed by atoms with Gasteiger partial charge in [-0.3, -0.25) is 4.40 Å². The Morgan fingerprint density at radius 3 is 2.39 bits per heavy atom. The summed E-state index contributed by atoms with van der Waals surface area (Å²) in [6.45, 7) is 15.9. The van der Waals surface area contributed by atoms with Crippen molar-refractivity contribution < 1.29 is 23.8 Å². The highest BCUT2D eigenvalue weighted by atomic mass is 16.6. The predicted octanol–water partition coefficient (Wildman–Crippen LogP) is 4.48. The van der Waals surface area contributed by atoms with Crippen LogP contribution in [0.2, 0.25) is 0 Å². The minimum Gasteiger partial charge on any atom is -0.467 e. The number of pyridine rings is 1. The summed E-state index contributed by atoms with van der Waals surface area (Å²) < 4.78 is 18.5. The van der Waals surface area contributed by atoms with Gasteiger partial charge >= 0.3 is 11.9 Å². The second kappa shape index (κ2) is 9.33. The molecule has 1 aliphatic heterocycles. The molecule has 1 atom stereocenters. The van der Waals surface area contributed by atoms with Gasteiger partial charge in [0.2, 0.25) is 0 Å². The lowest BCUT2D eigenvalue weighted by atomic mass is 9.82. The van der Waals surface area contributed by atoms with Crippen LogP contribution in [-0.4, -0.2) is 53.7 Å². The molecule has 1 saturated heterocycles. The summed E-state index contributed by atoms with van der Waals surface area (Å²) in [5.41, 5.74) is 2.11. The van der Waals surface area contributed by atoms with E-state index in [4.69, 9.17) is 14.2 Å². The number of rotatable bonds is 6. The largest absolute Gasteiger partial charge is 0.467 e. The Kier molecular flexibility index (Phi) is 7.07. The van der Waals surface area contributed by atoms with Crippen LogP contribution in [0.15, 0.2) is 12.3 Å². The SMILES string of the molecule is CCOC(=O)c1cn2c(N3CCC(C)(C)CC3)c(C(OC(C)(C)C)C(=O)OC)c(C)cc2n1. The first kappa shape index (κ1) is 25.0. The van der Waals surface area contributed by atoms with E-state index < -0.39 is 23.6 Å². The zero-order valence-corrected chi connectivity index (χ0v) is 21.2. The smallest absolute Gasteiger partial charge is 0.358 e. The van der Waals surface area contributed by atoms with Gasteiger partial charge in [-0.1, -0.05) is 13.8 Å². The quantitative estimate of drug-likeness (QED) is 0.589. The fourth-order valence-corrected chi connectivity index (χ4v) is 4.20. The van der Waals surface area contributed by atoms with Gasteiger partial charge in [0.1, 0.15) is 11.5 Å². The van der Waals surface area contributed by atoms with Crippen LogP contribution in [0.25, 0.3) is 5.65 Å². The van der Waals surface area contributed by atoms with Crippen LogP contribution in [0.4, 0.5) is 5.82 Å². The Labute approximate surface area is 196 Å². The van der Waals surface area contributed by atoms with Gasteiger partial charge in [-0.2, -0.15) is 0 Å². The van der Waals surface area contributed by atoms with E-state index in [9.17, 15) is 9.59 Å². The Morgan fingerprint density at radius 2 is 1.85 bits per heavy atom. The van der Waals surface area contributed by atoms with Crippen LogP contribution >= 0.6 is 0 Å². The van der Waals surface area contributed by atoms with E-state index in [1.54, 1.807) is 13.1 Å². The van der Waals surface area contributed by atoms with E-state index in [0.29, 0.717) is 5.65 Å². The van der Waals surface area contributed by atoms with Crippen LogP contribution in [0, 0.1) is 12.3 Å². The predicted molar refractivity (Wildman–Crippen MR) is 127 cm³/mol. The highest BCUT2D eigenvalue weighted by Gasteiger charge is 2.36. The normalized spacial score (nSPS) is 17.2. The van der Waals surface area contributed by atoms with E-state index in [2.05, 4.69) is 23.7 Å². The fraction of sp³-hybridized carbons (Fsp3) is 0.640. The number of hydrogen-bond donors (Lipinski definition) is 0. The molecule has 0 radical (unpaired) electrons. The number of methoxy groups -OCH3 is 1. The molecule has 0 saturated carbocycles. The highest BCUT2D eigenvalue weighted by Crippen LogP contribution is 2.39. The number of ether oxygens (including phenoxy) is 3. The lowest BCUT2D eigenvalue weighted by Gasteiger charge is -2.40. The first-order chi connectivity index (χ1) is 15.4. The van der Waals surface area contributed by atoms with Crippen molar-refractivity contribution >= 4 is 23.4 Å². The molecular weight excluding hydrogens is 422 g/mol. The number of fused-ring (bicyclic) bond motifs is 1. The maximum atomic E-state index is 13.0. The van der Waals surface area contributed by atoms with Gasteiger partial charge in [-0.05, 0) is 64.5 Å². The number of nitrogens with zero attached hydrogens (tertiary/aromatic N) is 3. The molecule has 0 aromatic carbocycles. The third kappa shape index (κ3) is 5.49. The molecule has 0 amide bonds. The van der Waals surface area contributed by atoms with Gasteiger partial charge in [0.25, 0.3) is 0 Å². The lowest BCUT2D eigenvalue weighted by Crippen LogP contribution is -2.40. The highest BCUT2D eigenvalue weighted by molar-refractivity contribution is 5.88. The molecule has 2 aromatic heterocycles. The standard InChI is InChI=1S/C25H37N3O5/c1-9-32-22(29)17-15-28-18(26-17)14-16(2)19(20(23(30)31-8)33-24(3,4)5)21(28)27-12-10-25(6,7)11-13-27/h14-15,20H,9-13H2,1-8H3. The zero-order chi connectivity index (χ0) is 24.6. The summed E-state index contributed by atoms with van der Waals surface area (Å²) >= 11 is 0. The van der Waals surface area contributed by atoms with Crippen molar-refractivity contribution in [3.8, 4) is 0 Å². The minimum absolute atomic E-state index is 0.235. The molecule has 1 aliphatic rings. The summed E-state index contributed by atoms with van der Waals surface area (Å²) in [7, 11) is 1.37. The average Bonchev–Trinajstić information content (AvgIpc) is 3.14. The summed E-state index contributed by atoms with van der Waals surface area (Å²) in [4.78, 5) is 32.2. The van der Waals surface area contributed by atoms with Gasteiger partial charge in [0, 0.05) is 24.8 Å². The number of aromatic nitrogens is 2. The number of piperidine rings is 1. The number of anilines is 1. The molecule has 182 valence electrons. The van der Waals surface area contributed by atoms with Gasteiger partial charge in [-0.25, -0.2) is 14.6 Å². The summed E-state index contributed by atoms with van der Waals surface area (Å²) in [5.74, 6) is -0.124. The molecule has 0 bridgehead atoms. The number of hydrogen-bond acceptors (Lipinski definition) is 7. The Balaban J connectivity index is 2.25. The van der Waals surface area contributed by atoms with Crippen molar-refractivity contribution in [3.05, 3.63) is 29.1 Å². The van der Waals surface area contributed by atoms with Gasteiger partial charge in [0.15, 0.2) is 11.8 Å². The third-order valence-corrected chi connectivity index (χ3v) is 6.02. The van der Waals surface area contributed by atoms with Crippen LogP contribution in [0.5, 0.6) is 0 Å². The number of carbonyl (C=O) groups excluding carboxylic acids is 2. The number of carbonyl (C=O) groups is 2. The first-order valence-corrected chi connectivity index (χ1v) is 11.6. The Morgan fingerprint density at radius 1 is 1.21 bits per heavy atom. The molecule has 1 fully saturated rings. The van der Waals surface area contributed by atoms with Crippen LogP contribution < -0.4 is 4.90 Å². The van der Waals surface area contributed by atoms with E-state index in [1.165, 1.54) is 7.11 Å². The Bertz CT molecular complexity index is 1020. The van der Waals surface area contributed by atoms with E-state index in [1.807, 2.05) is 38.2 Å². The lowest BCUT2D eigenvalue weighted by molar-refractivity contribution is -0.164. The molecule has 3 rings (SSSR count). The van der Waals surface area contributed by atoms with Gasteiger partial charge in [0.05, 0.1) is 19.3 Å². The van der Waals surface area contributed by atoms with E-state index in [-0.39, 0.29) is 17.7 Å². The third-order valence-electron chi connectivity index (χ3n) is 6.02. The topological polar surface area (TPSA) is 82.4 Å². The van der Waals surface area contributed by atoms with Crippen molar-refractivity contribution in [3.63, 3.8) is 0 Å². The molecule has 1 unspecified atom stereocenters. The van der Waals surface area contributed by atoms with E-state index in [0.717, 1.165) is 42.9 Å². The van der Waals surface area contributed by atoms with Crippen molar-refractivity contribution in [2.24, 2.45) is 5.41 Å². The zero-order valence-electron chi connectivity index (χ0n) is 21.2. The van der Waals surface area contributed by atoms with Crippen molar-refractivity contribution in [1.29, 1.82) is 0 Å². The molecule has 8 heteroatoms. The van der Waals surface area contributed by atoms with Crippen molar-refractivity contribution in [2.45, 2.75) is 73.0 Å². The van der Waals surface area contributed by atoms with Crippen LogP contribution in [-0.2, 0) is 19.0 Å². The molecule has 0 aliphatic carbocycles. The van der Waals surface area contributed by atoms with E-state index >= 15 is 0 Å². The second-order valence-corrected chi connectivity index (χ2v) is 10.4.